The molecule has 0 heterocycles. The summed E-state index contributed by atoms with van der Waals surface area (Å²) in [5.41, 5.74) is 4.27. The quantitative estimate of drug-likeness (QED) is 0.265. The van der Waals surface area contributed by atoms with Gasteiger partial charge in [-0.2, -0.15) is 26.3 Å². The number of aryl methyl sites for hydroxylation is 1. The lowest BCUT2D eigenvalue weighted by atomic mass is 9.86. The van der Waals surface area contributed by atoms with Crippen molar-refractivity contribution in [2.24, 2.45) is 27.6 Å². The van der Waals surface area contributed by atoms with Crippen LogP contribution in [-0.2, 0) is 19.3 Å². The van der Waals surface area contributed by atoms with Crippen molar-refractivity contribution in [3.05, 3.63) is 71.3 Å². The Hall–Kier alpha value is -1.98. The molecule has 0 saturated heterocycles. The van der Waals surface area contributed by atoms with Gasteiger partial charge in [-0.25, -0.2) is 0 Å². The molecule has 0 aliphatic rings. The van der Waals surface area contributed by atoms with Gasteiger partial charge in [-0.1, -0.05) is 165 Å². The summed E-state index contributed by atoms with van der Waals surface area (Å²) in [5, 5.41) is 0. The Balaban J connectivity index is -0.000000576. The first-order valence-electron chi connectivity index (χ1n) is 17.6. The molecule has 0 aliphatic carbocycles. The molecule has 0 unspecified atom stereocenters. The van der Waals surface area contributed by atoms with E-state index in [9.17, 15) is 26.3 Å². The Morgan fingerprint density at radius 2 is 0.792 bits per heavy atom. The Labute approximate surface area is 292 Å². The van der Waals surface area contributed by atoms with Crippen LogP contribution in [0.2, 0.25) is 0 Å². The van der Waals surface area contributed by atoms with Crippen molar-refractivity contribution in [3.8, 4) is 0 Å². The van der Waals surface area contributed by atoms with Gasteiger partial charge in [0, 0.05) is 12.8 Å². The Morgan fingerprint density at radius 3 is 1.04 bits per heavy atom. The van der Waals surface area contributed by atoms with Crippen LogP contribution in [0.3, 0.4) is 0 Å². The molecular formula is C42H72F6. The van der Waals surface area contributed by atoms with Crippen LogP contribution in [0.15, 0.2) is 54.6 Å². The molecule has 0 saturated carbocycles. The topological polar surface area (TPSA) is 0 Å². The van der Waals surface area contributed by atoms with Crippen LogP contribution in [0.5, 0.6) is 0 Å². The molecule has 0 nitrogen and oxygen atoms in total. The van der Waals surface area contributed by atoms with Gasteiger partial charge in [0.05, 0.1) is 0 Å². The highest BCUT2D eigenvalue weighted by Gasteiger charge is 2.29. The first-order valence-corrected chi connectivity index (χ1v) is 17.6. The minimum absolute atomic E-state index is 0.0687. The average molecular weight is 691 g/mol. The van der Waals surface area contributed by atoms with E-state index in [-0.39, 0.29) is 23.7 Å². The highest BCUT2D eigenvalue weighted by atomic mass is 19.4. The first kappa shape index (κ1) is 50.4. The van der Waals surface area contributed by atoms with Crippen LogP contribution in [0, 0.1) is 27.6 Å². The molecule has 0 spiro atoms. The highest BCUT2D eigenvalue weighted by molar-refractivity contribution is 5.23. The van der Waals surface area contributed by atoms with Gasteiger partial charge in [0.25, 0.3) is 0 Å². The van der Waals surface area contributed by atoms with E-state index in [4.69, 9.17) is 0 Å². The van der Waals surface area contributed by atoms with Gasteiger partial charge in [0.2, 0.25) is 0 Å². The van der Waals surface area contributed by atoms with Crippen molar-refractivity contribution in [2.75, 3.05) is 0 Å². The third-order valence-electron chi connectivity index (χ3n) is 6.21. The smallest absolute Gasteiger partial charge is 0.171 e. The molecule has 2 rings (SSSR count). The van der Waals surface area contributed by atoms with Gasteiger partial charge >= 0.3 is 12.4 Å². The van der Waals surface area contributed by atoms with Gasteiger partial charge in [0.1, 0.15) is 0 Å². The molecular weight excluding hydrogens is 618 g/mol. The fraction of sp³-hybridized carbons (Fsp3) is 0.714. The summed E-state index contributed by atoms with van der Waals surface area (Å²) >= 11 is 0. The lowest BCUT2D eigenvalue weighted by Gasteiger charge is -2.19. The van der Waals surface area contributed by atoms with Crippen molar-refractivity contribution >= 4 is 0 Å². The van der Waals surface area contributed by atoms with Crippen molar-refractivity contribution in [1.29, 1.82) is 0 Å². The number of hydrogen-bond acceptors (Lipinski definition) is 0. The molecule has 0 aliphatic heterocycles. The number of hydrogen-bond donors (Lipinski definition) is 0. The normalized spacial score (nSPS) is 12.3. The van der Waals surface area contributed by atoms with Gasteiger partial charge in [-0.3, -0.25) is 0 Å². The summed E-state index contributed by atoms with van der Waals surface area (Å²) in [5.74, 6) is 0.843. The predicted molar refractivity (Wildman–Crippen MR) is 199 cm³/mol. The zero-order chi connectivity index (χ0) is 38.6. The zero-order valence-electron chi connectivity index (χ0n) is 33.5. The van der Waals surface area contributed by atoms with Gasteiger partial charge in [-0.15, -0.1) is 0 Å². The molecule has 282 valence electrons. The molecule has 0 amide bonds. The van der Waals surface area contributed by atoms with Crippen LogP contribution in [0.4, 0.5) is 26.3 Å². The minimum Gasteiger partial charge on any atom is -0.171 e. The summed E-state index contributed by atoms with van der Waals surface area (Å²) in [7, 11) is 0. The van der Waals surface area contributed by atoms with Gasteiger partial charge in [0.15, 0.2) is 0 Å². The third kappa shape index (κ3) is 42.0. The molecule has 0 aromatic heterocycles. The van der Waals surface area contributed by atoms with Crippen LogP contribution < -0.4 is 0 Å². The second-order valence-corrected chi connectivity index (χ2v) is 17.7. The maximum atomic E-state index is 12.0. The summed E-state index contributed by atoms with van der Waals surface area (Å²) in [6.45, 7) is 34.0. The molecule has 0 N–H and O–H groups in total. The van der Waals surface area contributed by atoms with Gasteiger partial charge in [-0.05, 0) is 76.4 Å². The van der Waals surface area contributed by atoms with E-state index in [0.29, 0.717) is 10.8 Å². The fourth-order valence-electron chi connectivity index (χ4n) is 4.67. The summed E-state index contributed by atoms with van der Waals surface area (Å²) < 4.78 is 70.9. The van der Waals surface area contributed by atoms with E-state index in [1.165, 1.54) is 17.5 Å². The summed E-state index contributed by atoms with van der Waals surface area (Å²) in [6, 6.07) is 18.1. The third-order valence-corrected chi connectivity index (χ3v) is 6.21. The largest absolute Gasteiger partial charge is 0.389 e. The molecule has 0 fully saturated rings. The van der Waals surface area contributed by atoms with Crippen molar-refractivity contribution in [1.82, 2.24) is 0 Å². The van der Waals surface area contributed by atoms with Crippen LogP contribution >= 0.6 is 0 Å². The van der Waals surface area contributed by atoms with E-state index in [0.717, 1.165) is 24.3 Å². The van der Waals surface area contributed by atoms with Crippen LogP contribution in [0.25, 0.3) is 0 Å². The van der Waals surface area contributed by atoms with E-state index >= 15 is 0 Å². The first-order chi connectivity index (χ1) is 21.4. The van der Waals surface area contributed by atoms with E-state index in [2.05, 4.69) is 106 Å². The van der Waals surface area contributed by atoms with Crippen molar-refractivity contribution in [3.63, 3.8) is 0 Å². The molecule has 0 atom stereocenters. The monoisotopic (exact) mass is 691 g/mol. The Kier molecular flexibility index (Phi) is 23.8. The Morgan fingerprint density at radius 1 is 0.438 bits per heavy atom. The fourth-order valence-corrected chi connectivity index (χ4v) is 4.67. The number of benzene rings is 2. The molecule has 48 heavy (non-hydrogen) atoms. The van der Waals surface area contributed by atoms with Crippen molar-refractivity contribution < 1.29 is 26.3 Å². The maximum Gasteiger partial charge on any atom is 0.389 e. The van der Waals surface area contributed by atoms with Crippen molar-refractivity contribution in [2.45, 2.75) is 168 Å². The minimum atomic E-state index is -4.07. The zero-order valence-corrected chi connectivity index (χ0v) is 33.5. The van der Waals surface area contributed by atoms with E-state index in [1.807, 2.05) is 26.0 Å². The summed E-state index contributed by atoms with van der Waals surface area (Å²) in [4.78, 5) is 0. The summed E-state index contributed by atoms with van der Waals surface area (Å²) in [6.07, 6.45) is -5.78. The molecule has 2 aromatic rings. The second kappa shape index (κ2) is 22.7. The highest BCUT2D eigenvalue weighted by Crippen LogP contribution is 2.29. The molecule has 2 aromatic carbocycles. The standard InChI is InChI=1S/C14H19F3.C11H16.C8H18.C7H13F3.C2H6/c1-13(2,3)10-12-6-4-11(5-7-12)8-9-14(15,16)17;1-11(2,3)9-10-7-5-4-6-8-10;1-7(2)6-8(3,4)5;1-6(2,3)4-5-7(8,9)10;1-2/h4-7H,8-10H2,1-3H3;4-8H,9H2,1-3H3;7H,6H2,1-5H3;4-5H2,1-3H3;1-2H3. The number of alkyl halides is 6. The number of halogens is 6. The molecule has 0 bridgehead atoms. The van der Waals surface area contributed by atoms with Crippen LogP contribution in [-0.4, -0.2) is 12.4 Å². The van der Waals surface area contributed by atoms with E-state index in [1.54, 1.807) is 32.9 Å². The maximum absolute atomic E-state index is 12.0. The average Bonchev–Trinajstić information content (AvgIpc) is 2.86. The van der Waals surface area contributed by atoms with Crippen LogP contribution in [0.1, 0.15) is 153 Å². The lowest BCUT2D eigenvalue weighted by Crippen LogP contribution is -2.13. The molecule has 6 heteroatoms. The Bertz CT molecular complexity index is 1000. The SMILES string of the molecule is CC.CC(C)(C)CCC(F)(F)F.CC(C)(C)Cc1ccc(CCC(F)(F)F)cc1.CC(C)(C)Cc1ccccc1.CC(C)CC(C)(C)C. The number of rotatable bonds is 6. The lowest BCUT2D eigenvalue weighted by molar-refractivity contribution is -0.139. The van der Waals surface area contributed by atoms with E-state index < -0.39 is 25.2 Å². The predicted octanol–water partition coefficient (Wildman–Crippen LogP) is 15.5. The second-order valence-electron chi connectivity index (χ2n) is 17.7. The molecule has 0 radical (unpaired) electrons. The van der Waals surface area contributed by atoms with Gasteiger partial charge < -0.3 is 0 Å².